The molecule has 0 saturated carbocycles. The maximum Gasteiger partial charge on any atom is 0.308 e. The standard InChI is InChI=1S/C13H14FNO3/c14-11-3-1-9(2-4-11)5-6-15-8-10(13(17)18)7-12(15)16/h1-4,10H,5-8H2,(H,17,18)/t10-/m1/s1. The monoisotopic (exact) mass is 251 g/mol. The fourth-order valence-corrected chi connectivity index (χ4v) is 2.07. The molecule has 1 amide bonds. The molecule has 0 bridgehead atoms. The van der Waals surface area contributed by atoms with E-state index in [0.29, 0.717) is 13.0 Å². The number of carboxylic acids is 1. The Balaban J connectivity index is 1.89. The van der Waals surface area contributed by atoms with Gasteiger partial charge in [0.2, 0.25) is 5.91 Å². The third-order valence-corrected chi connectivity index (χ3v) is 3.15. The number of rotatable bonds is 4. The van der Waals surface area contributed by atoms with E-state index in [1.807, 2.05) is 0 Å². The van der Waals surface area contributed by atoms with Crippen LogP contribution < -0.4 is 0 Å². The van der Waals surface area contributed by atoms with E-state index in [1.165, 1.54) is 12.1 Å². The number of hydrogen-bond donors (Lipinski definition) is 1. The van der Waals surface area contributed by atoms with Crippen molar-refractivity contribution in [2.75, 3.05) is 13.1 Å². The van der Waals surface area contributed by atoms with Crippen LogP contribution in [0.1, 0.15) is 12.0 Å². The maximum atomic E-state index is 12.7. The van der Waals surface area contributed by atoms with Crippen LogP contribution in [0.5, 0.6) is 0 Å². The molecule has 1 heterocycles. The predicted octanol–water partition coefficient (Wildman–Crippen LogP) is 1.30. The summed E-state index contributed by atoms with van der Waals surface area (Å²) in [6.45, 7) is 0.754. The van der Waals surface area contributed by atoms with E-state index in [2.05, 4.69) is 0 Å². The zero-order chi connectivity index (χ0) is 13.1. The highest BCUT2D eigenvalue weighted by Gasteiger charge is 2.33. The minimum absolute atomic E-state index is 0.0821. The fraction of sp³-hybridized carbons (Fsp3) is 0.385. The van der Waals surface area contributed by atoms with Crippen molar-refractivity contribution in [2.24, 2.45) is 5.92 Å². The number of nitrogens with zero attached hydrogens (tertiary/aromatic N) is 1. The normalized spacial score (nSPS) is 19.3. The van der Waals surface area contributed by atoms with Gasteiger partial charge in [0, 0.05) is 19.5 Å². The van der Waals surface area contributed by atoms with Crippen molar-refractivity contribution in [3.8, 4) is 0 Å². The summed E-state index contributed by atoms with van der Waals surface area (Å²) in [5, 5.41) is 8.84. The van der Waals surface area contributed by atoms with Crippen LogP contribution in [0.2, 0.25) is 0 Å². The van der Waals surface area contributed by atoms with Crippen LogP contribution >= 0.6 is 0 Å². The Kier molecular flexibility index (Phi) is 3.60. The van der Waals surface area contributed by atoms with Crippen molar-refractivity contribution in [1.82, 2.24) is 4.90 Å². The summed E-state index contributed by atoms with van der Waals surface area (Å²) in [4.78, 5) is 23.9. The van der Waals surface area contributed by atoms with Crippen molar-refractivity contribution >= 4 is 11.9 Å². The van der Waals surface area contributed by atoms with E-state index < -0.39 is 11.9 Å². The van der Waals surface area contributed by atoms with E-state index in [1.54, 1.807) is 17.0 Å². The third kappa shape index (κ3) is 2.85. The summed E-state index contributed by atoms with van der Waals surface area (Å²) in [5.74, 6) is -1.93. The first-order valence-electron chi connectivity index (χ1n) is 5.81. The van der Waals surface area contributed by atoms with Gasteiger partial charge in [-0.1, -0.05) is 12.1 Å². The zero-order valence-electron chi connectivity index (χ0n) is 9.80. The zero-order valence-corrected chi connectivity index (χ0v) is 9.80. The minimum Gasteiger partial charge on any atom is -0.481 e. The molecule has 1 aliphatic heterocycles. The Morgan fingerprint density at radius 1 is 1.39 bits per heavy atom. The second kappa shape index (κ2) is 5.16. The molecule has 1 fully saturated rings. The SMILES string of the molecule is O=C(O)[C@@H]1CC(=O)N(CCc2ccc(F)cc2)C1. The van der Waals surface area contributed by atoms with Crippen molar-refractivity contribution < 1.29 is 19.1 Å². The van der Waals surface area contributed by atoms with Gasteiger partial charge >= 0.3 is 5.97 Å². The molecule has 0 radical (unpaired) electrons. The molecule has 1 atom stereocenters. The smallest absolute Gasteiger partial charge is 0.308 e. The van der Waals surface area contributed by atoms with E-state index >= 15 is 0 Å². The lowest BCUT2D eigenvalue weighted by Gasteiger charge is -2.15. The third-order valence-electron chi connectivity index (χ3n) is 3.15. The van der Waals surface area contributed by atoms with Crippen LogP contribution in [-0.2, 0) is 16.0 Å². The Hall–Kier alpha value is -1.91. The van der Waals surface area contributed by atoms with Gasteiger partial charge in [0.15, 0.2) is 0 Å². The van der Waals surface area contributed by atoms with Gasteiger partial charge in [-0.15, -0.1) is 0 Å². The molecule has 5 heteroatoms. The molecule has 0 unspecified atom stereocenters. The number of halogens is 1. The molecule has 0 aromatic heterocycles. The molecule has 0 aliphatic carbocycles. The first kappa shape index (κ1) is 12.5. The van der Waals surface area contributed by atoms with Crippen molar-refractivity contribution in [3.63, 3.8) is 0 Å². The molecule has 1 aliphatic rings. The van der Waals surface area contributed by atoms with Crippen LogP contribution in [0.25, 0.3) is 0 Å². The summed E-state index contributed by atoms with van der Waals surface area (Å²) in [7, 11) is 0. The lowest BCUT2D eigenvalue weighted by Crippen LogP contribution is -2.28. The largest absolute Gasteiger partial charge is 0.481 e. The molecule has 1 saturated heterocycles. The number of benzene rings is 1. The van der Waals surface area contributed by atoms with Crippen molar-refractivity contribution in [2.45, 2.75) is 12.8 Å². The molecule has 4 nitrogen and oxygen atoms in total. The summed E-state index contributed by atoms with van der Waals surface area (Å²) in [6.07, 6.45) is 0.692. The lowest BCUT2D eigenvalue weighted by atomic mass is 10.1. The van der Waals surface area contributed by atoms with E-state index in [9.17, 15) is 14.0 Å². The second-order valence-electron chi connectivity index (χ2n) is 4.46. The number of carboxylic acid groups (broad SMARTS) is 1. The topological polar surface area (TPSA) is 57.6 Å². The van der Waals surface area contributed by atoms with Crippen LogP contribution in [-0.4, -0.2) is 35.0 Å². The number of carbonyl (C=O) groups excluding carboxylic acids is 1. The molecule has 1 aromatic rings. The highest BCUT2D eigenvalue weighted by Crippen LogP contribution is 2.18. The van der Waals surface area contributed by atoms with Gasteiger partial charge in [0.1, 0.15) is 5.82 Å². The van der Waals surface area contributed by atoms with Gasteiger partial charge in [-0.25, -0.2) is 4.39 Å². The Morgan fingerprint density at radius 3 is 2.61 bits per heavy atom. The van der Waals surface area contributed by atoms with Gasteiger partial charge in [0.25, 0.3) is 0 Å². The molecule has 18 heavy (non-hydrogen) atoms. The lowest BCUT2D eigenvalue weighted by molar-refractivity contribution is -0.141. The molecule has 1 N–H and O–H groups in total. The Morgan fingerprint density at radius 2 is 2.06 bits per heavy atom. The molecule has 1 aromatic carbocycles. The fourth-order valence-electron chi connectivity index (χ4n) is 2.07. The van der Waals surface area contributed by atoms with Crippen LogP contribution in [0.15, 0.2) is 24.3 Å². The van der Waals surface area contributed by atoms with Crippen LogP contribution in [0, 0.1) is 11.7 Å². The van der Waals surface area contributed by atoms with Crippen molar-refractivity contribution in [1.29, 1.82) is 0 Å². The maximum absolute atomic E-state index is 12.7. The number of likely N-dealkylation sites (tertiary alicyclic amines) is 1. The van der Waals surface area contributed by atoms with Gasteiger partial charge in [-0.2, -0.15) is 0 Å². The van der Waals surface area contributed by atoms with Crippen LogP contribution in [0.3, 0.4) is 0 Å². The molecule has 0 spiro atoms. The summed E-state index contributed by atoms with van der Waals surface area (Å²) in [5.41, 5.74) is 0.933. The van der Waals surface area contributed by atoms with E-state index in [0.717, 1.165) is 5.56 Å². The van der Waals surface area contributed by atoms with Crippen molar-refractivity contribution in [3.05, 3.63) is 35.6 Å². The second-order valence-corrected chi connectivity index (χ2v) is 4.46. The number of amides is 1. The Bertz CT molecular complexity index is 458. The molecule has 2 rings (SSSR count). The van der Waals surface area contributed by atoms with E-state index in [4.69, 9.17) is 5.11 Å². The predicted molar refractivity (Wildman–Crippen MR) is 62.4 cm³/mol. The number of aliphatic carboxylic acids is 1. The highest BCUT2D eigenvalue weighted by molar-refractivity contribution is 5.86. The molecule has 96 valence electrons. The number of hydrogen-bond acceptors (Lipinski definition) is 2. The molecular formula is C13H14FNO3. The van der Waals surface area contributed by atoms with Crippen LogP contribution in [0.4, 0.5) is 4.39 Å². The van der Waals surface area contributed by atoms with Gasteiger partial charge in [0.05, 0.1) is 5.92 Å². The summed E-state index contributed by atoms with van der Waals surface area (Å²) >= 11 is 0. The number of carbonyl (C=O) groups is 2. The van der Waals surface area contributed by atoms with E-state index in [-0.39, 0.29) is 24.7 Å². The van der Waals surface area contributed by atoms with Gasteiger partial charge < -0.3 is 10.0 Å². The summed E-state index contributed by atoms with van der Waals surface area (Å²) < 4.78 is 12.7. The van der Waals surface area contributed by atoms with Gasteiger partial charge in [-0.05, 0) is 24.1 Å². The first-order chi connectivity index (χ1) is 8.56. The Labute approximate surface area is 104 Å². The molecular weight excluding hydrogens is 237 g/mol. The minimum atomic E-state index is -0.923. The first-order valence-corrected chi connectivity index (χ1v) is 5.81. The average Bonchev–Trinajstić information content (AvgIpc) is 2.70. The highest BCUT2D eigenvalue weighted by atomic mass is 19.1. The summed E-state index contributed by atoms with van der Waals surface area (Å²) in [6, 6.07) is 6.09. The quantitative estimate of drug-likeness (QED) is 0.877. The average molecular weight is 251 g/mol. The van der Waals surface area contributed by atoms with Gasteiger partial charge in [-0.3, -0.25) is 9.59 Å².